The second-order valence-electron chi connectivity index (χ2n) is 4.93. The van der Waals surface area contributed by atoms with E-state index in [-0.39, 0.29) is 0 Å². The van der Waals surface area contributed by atoms with E-state index >= 15 is 0 Å². The minimum Gasteiger partial charge on any atom is -0.492 e. The summed E-state index contributed by atoms with van der Waals surface area (Å²) >= 11 is 0. The van der Waals surface area contributed by atoms with E-state index in [1.54, 1.807) is 0 Å². The zero-order valence-electron chi connectivity index (χ0n) is 12.2. The Bertz CT molecular complexity index is 338. The van der Waals surface area contributed by atoms with E-state index in [0.717, 1.165) is 25.2 Å². The molecule has 0 amide bonds. The molecule has 102 valence electrons. The zero-order chi connectivity index (χ0) is 13.4. The van der Waals surface area contributed by atoms with Crippen LogP contribution in [0.25, 0.3) is 0 Å². The van der Waals surface area contributed by atoms with Crippen LogP contribution in [0, 0.1) is 0 Å². The summed E-state index contributed by atoms with van der Waals surface area (Å²) in [6.07, 6.45) is 3.48. The molecule has 0 spiro atoms. The molecule has 0 aliphatic carbocycles. The molecule has 18 heavy (non-hydrogen) atoms. The quantitative estimate of drug-likeness (QED) is 0.753. The number of ether oxygens (including phenoxy) is 1. The van der Waals surface area contributed by atoms with Crippen molar-refractivity contribution in [3.63, 3.8) is 0 Å². The average molecular weight is 249 g/mol. The number of benzene rings is 1. The van der Waals surface area contributed by atoms with Gasteiger partial charge in [0.15, 0.2) is 0 Å². The van der Waals surface area contributed by atoms with Crippen LogP contribution in [0.3, 0.4) is 0 Å². The number of likely N-dealkylation sites (N-methyl/N-ethyl adjacent to an activating group) is 1. The zero-order valence-corrected chi connectivity index (χ0v) is 12.2. The van der Waals surface area contributed by atoms with Gasteiger partial charge in [0.05, 0.1) is 0 Å². The highest BCUT2D eigenvalue weighted by Gasteiger charge is 2.11. The summed E-state index contributed by atoms with van der Waals surface area (Å²) in [5.74, 6) is 1.60. The van der Waals surface area contributed by atoms with Crippen molar-refractivity contribution in [3.05, 3.63) is 29.8 Å². The van der Waals surface area contributed by atoms with Crippen molar-refractivity contribution in [1.29, 1.82) is 0 Å². The third kappa shape index (κ3) is 4.34. The number of hydrogen-bond donors (Lipinski definition) is 1. The van der Waals surface area contributed by atoms with Crippen molar-refractivity contribution in [3.8, 4) is 5.75 Å². The molecule has 2 heteroatoms. The molecule has 1 rings (SSSR count). The van der Waals surface area contributed by atoms with Crippen molar-refractivity contribution in [1.82, 2.24) is 5.32 Å². The molecule has 1 aromatic carbocycles. The van der Waals surface area contributed by atoms with Gasteiger partial charge < -0.3 is 10.1 Å². The lowest BCUT2D eigenvalue weighted by molar-refractivity contribution is 0.259. The fraction of sp³-hybridized carbons (Fsp3) is 0.625. The number of nitrogens with one attached hydrogen (secondary N) is 1. The highest BCUT2D eigenvalue weighted by atomic mass is 16.5. The van der Waals surface area contributed by atoms with E-state index in [1.807, 2.05) is 7.05 Å². The molecule has 0 aliphatic rings. The molecule has 0 aliphatic heterocycles. The molecule has 0 heterocycles. The first-order valence-electron chi connectivity index (χ1n) is 7.11. The van der Waals surface area contributed by atoms with Crippen molar-refractivity contribution < 1.29 is 4.74 Å². The molecule has 2 unspecified atom stereocenters. The summed E-state index contributed by atoms with van der Waals surface area (Å²) in [6, 6.07) is 8.85. The molecular weight excluding hydrogens is 222 g/mol. The molecule has 1 aromatic rings. The second-order valence-corrected chi connectivity index (χ2v) is 4.93. The SMILES string of the molecule is CCCC(COc1ccccc1C(C)CC)NC. The van der Waals surface area contributed by atoms with Crippen LogP contribution in [-0.4, -0.2) is 19.7 Å². The van der Waals surface area contributed by atoms with Crippen molar-refractivity contribution in [2.24, 2.45) is 0 Å². The van der Waals surface area contributed by atoms with E-state index in [9.17, 15) is 0 Å². The van der Waals surface area contributed by atoms with E-state index < -0.39 is 0 Å². The topological polar surface area (TPSA) is 21.3 Å². The fourth-order valence-corrected chi connectivity index (χ4v) is 2.09. The number of para-hydroxylation sites is 1. The van der Waals surface area contributed by atoms with Crippen LogP contribution >= 0.6 is 0 Å². The number of hydrogen-bond acceptors (Lipinski definition) is 2. The van der Waals surface area contributed by atoms with Crippen LogP contribution in [0.1, 0.15) is 51.5 Å². The maximum atomic E-state index is 6.00. The summed E-state index contributed by atoms with van der Waals surface area (Å²) < 4.78 is 6.00. The third-order valence-electron chi connectivity index (χ3n) is 3.55. The maximum Gasteiger partial charge on any atom is 0.122 e. The maximum absolute atomic E-state index is 6.00. The molecule has 1 N–H and O–H groups in total. The summed E-state index contributed by atoms with van der Waals surface area (Å²) in [4.78, 5) is 0. The molecule has 2 nitrogen and oxygen atoms in total. The standard InChI is InChI=1S/C16H27NO/c1-5-9-14(17-4)12-18-16-11-8-7-10-15(16)13(3)6-2/h7-8,10-11,13-14,17H,5-6,9,12H2,1-4H3. The Balaban J connectivity index is 2.66. The molecule has 2 atom stereocenters. The monoisotopic (exact) mass is 249 g/mol. The Morgan fingerprint density at radius 1 is 1.22 bits per heavy atom. The Morgan fingerprint density at radius 2 is 1.94 bits per heavy atom. The lowest BCUT2D eigenvalue weighted by Crippen LogP contribution is -2.31. The second kappa shape index (κ2) is 8.15. The Hall–Kier alpha value is -1.02. The van der Waals surface area contributed by atoms with Gasteiger partial charge in [-0.15, -0.1) is 0 Å². The first kappa shape index (κ1) is 15.0. The predicted octanol–water partition coefficient (Wildman–Crippen LogP) is 3.97. The minimum atomic E-state index is 0.444. The highest BCUT2D eigenvalue weighted by Crippen LogP contribution is 2.28. The minimum absolute atomic E-state index is 0.444. The van der Waals surface area contributed by atoms with Crippen LogP contribution in [0.15, 0.2) is 24.3 Å². The molecule has 0 radical (unpaired) electrons. The summed E-state index contributed by atoms with van der Waals surface area (Å²) in [5, 5.41) is 3.31. The van der Waals surface area contributed by atoms with Crippen LogP contribution in [-0.2, 0) is 0 Å². The molecule has 0 saturated carbocycles. The Morgan fingerprint density at radius 3 is 2.56 bits per heavy atom. The Kier molecular flexibility index (Phi) is 6.81. The van der Waals surface area contributed by atoms with Gasteiger partial charge in [-0.2, -0.15) is 0 Å². The van der Waals surface area contributed by atoms with Gasteiger partial charge in [-0.3, -0.25) is 0 Å². The van der Waals surface area contributed by atoms with Crippen molar-refractivity contribution in [2.45, 2.75) is 52.0 Å². The molecule has 0 saturated heterocycles. The highest BCUT2D eigenvalue weighted by molar-refractivity contribution is 5.35. The van der Waals surface area contributed by atoms with E-state index in [1.165, 1.54) is 12.0 Å². The molecule has 0 bridgehead atoms. The molecular formula is C16H27NO. The van der Waals surface area contributed by atoms with Crippen molar-refractivity contribution in [2.75, 3.05) is 13.7 Å². The number of rotatable bonds is 8. The van der Waals surface area contributed by atoms with Gasteiger partial charge in [0.1, 0.15) is 12.4 Å². The average Bonchev–Trinajstić information content (AvgIpc) is 2.43. The molecule has 0 aromatic heterocycles. The largest absolute Gasteiger partial charge is 0.492 e. The van der Waals surface area contributed by atoms with Gasteiger partial charge >= 0.3 is 0 Å². The summed E-state index contributed by atoms with van der Waals surface area (Å²) in [6.45, 7) is 7.42. The van der Waals surface area contributed by atoms with Gasteiger partial charge in [-0.1, -0.05) is 45.4 Å². The van der Waals surface area contributed by atoms with E-state index in [2.05, 4.69) is 50.4 Å². The first-order chi connectivity index (χ1) is 8.72. The van der Waals surface area contributed by atoms with Crippen molar-refractivity contribution >= 4 is 0 Å². The smallest absolute Gasteiger partial charge is 0.122 e. The van der Waals surface area contributed by atoms with Crippen LogP contribution in [0.4, 0.5) is 0 Å². The van der Waals surface area contributed by atoms with Gasteiger partial charge in [-0.05, 0) is 37.4 Å². The van der Waals surface area contributed by atoms with Crippen LogP contribution in [0.5, 0.6) is 5.75 Å². The fourth-order valence-electron chi connectivity index (χ4n) is 2.09. The van der Waals surface area contributed by atoms with Gasteiger partial charge in [0.25, 0.3) is 0 Å². The lowest BCUT2D eigenvalue weighted by Gasteiger charge is -2.19. The van der Waals surface area contributed by atoms with Gasteiger partial charge in [-0.25, -0.2) is 0 Å². The lowest BCUT2D eigenvalue weighted by atomic mass is 9.98. The Labute approximate surface area is 112 Å². The molecule has 0 fully saturated rings. The summed E-state index contributed by atoms with van der Waals surface area (Å²) in [5.41, 5.74) is 1.33. The first-order valence-corrected chi connectivity index (χ1v) is 7.11. The predicted molar refractivity (Wildman–Crippen MR) is 78.4 cm³/mol. The van der Waals surface area contributed by atoms with Gasteiger partial charge in [0, 0.05) is 6.04 Å². The van der Waals surface area contributed by atoms with Gasteiger partial charge in [0.2, 0.25) is 0 Å². The normalized spacial score (nSPS) is 14.2. The summed E-state index contributed by atoms with van der Waals surface area (Å²) in [7, 11) is 2.00. The van der Waals surface area contributed by atoms with Crippen LogP contribution < -0.4 is 10.1 Å². The van der Waals surface area contributed by atoms with E-state index in [4.69, 9.17) is 4.74 Å². The van der Waals surface area contributed by atoms with E-state index in [0.29, 0.717) is 12.0 Å². The van der Waals surface area contributed by atoms with Crippen LogP contribution in [0.2, 0.25) is 0 Å². The third-order valence-corrected chi connectivity index (χ3v) is 3.55.